The van der Waals surface area contributed by atoms with E-state index in [1.165, 1.54) is 36.0 Å². The first-order valence-electron chi connectivity index (χ1n) is 9.45. The molecule has 5 heteroatoms. The number of carbonyl (C=O) groups excluding carboxylic acids is 1. The number of hydrogen-bond donors (Lipinski definition) is 1. The highest BCUT2D eigenvalue weighted by Crippen LogP contribution is 2.25. The van der Waals surface area contributed by atoms with Crippen LogP contribution in [0.25, 0.3) is 10.6 Å². The molecule has 0 aliphatic heterocycles. The van der Waals surface area contributed by atoms with Crippen LogP contribution in [0, 0.1) is 0 Å². The van der Waals surface area contributed by atoms with Crippen LogP contribution in [0.5, 0.6) is 0 Å². The molecule has 2 aromatic heterocycles. The highest BCUT2D eigenvalue weighted by Gasteiger charge is 2.15. The molecule has 4 nitrogen and oxygen atoms in total. The third-order valence-corrected chi connectivity index (χ3v) is 5.99. The predicted octanol–water partition coefficient (Wildman–Crippen LogP) is 4.50. The number of aromatic nitrogens is 2. The van der Waals surface area contributed by atoms with Crippen molar-refractivity contribution in [2.45, 2.75) is 45.1 Å². The van der Waals surface area contributed by atoms with E-state index in [1.54, 1.807) is 23.7 Å². The van der Waals surface area contributed by atoms with E-state index in [0.29, 0.717) is 6.42 Å². The minimum Gasteiger partial charge on any atom is -0.349 e. The third kappa shape index (κ3) is 4.25. The van der Waals surface area contributed by atoms with Crippen LogP contribution in [-0.2, 0) is 24.1 Å². The van der Waals surface area contributed by atoms with Gasteiger partial charge in [0, 0.05) is 23.3 Å². The van der Waals surface area contributed by atoms with Crippen molar-refractivity contribution in [2.75, 3.05) is 0 Å². The molecule has 1 N–H and O–H groups in total. The normalized spacial score (nSPS) is 14.4. The number of pyridine rings is 1. The summed E-state index contributed by atoms with van der Waals surface area (Å²) in [5, 5.41) is 5.96. The summed E-state index contributed by atoms with van der Waals surface area (Å²) < 4.78 is 0. The van der Waals surface area contributed by atoms with E-state index in [0.717, 1.165) is 22.7 Å². The van der Waals surface area contributed by atoms with Gasteiger partial charge in [-0.25, -0.2) is 4.98 Å². The van der Waals surface area contributed by atoms with Crippen molar-refractivity contribution in [3.63, 3.8) is 0 Å². The van der Waals surface area contributed by atoms with Crippen LogP contribution in [0.2, 0.25) is 0 Å². The molecule has 27 heavy (non-hydrogen) atoms. The van der Waals surface area contributed by atoms with Crippen molar-refractivity contribution in [3.05, 3.63) is 70.5 Å². The fourth-order valence-electron chi connectivity index (χ4n) is 3.57. The Morgan fingerprint density at radius 3 is 2.89 bits per heavy atom. The Labute approximate surface area is 163 Å². The van der Waals surface area contributed by atoms with E-state index >= 15 is 0 Å². The molecule has 3 aromatic rings. The number of rotatable bonds is 5. The monoisotopic (exact) mass is 377 g/mol. The standard InChI is InChI=1S/C22H23N3OS/c1-15(17-9-8-16-5-2-3-6-18(16)11-17)24-21(26)12-20-14-27-22(25-20)19-7-4-10-23-13-19/h4,7-11,13-15H,2-3,5-6,12H2,1H3,(H,24,26). The van der Waals surface area contributed by atoms with Crippen molar-refractivity contribution in [2.24, 2.45) is 0 Å². The van der Waals surface area contributed by atoms with Gasteiger partial charge in [-0.1, -0.05) is 18.2 Å². The summed E-state index contributed by atoms with van der Waals surface area (Å²) in [6, 6.07) is 10.5. The number of fused-ring (bicyclic) bond motifs is 1. The van der Waals surface area contributed by atoms with Gasteiger partial charge in [0.25, 0.3) is 0 Å². The van der Waals surface area contributed by atoms with Crippen LogP contribution < -0.4 is 5.32 Å². The Balaban J connectivity index is 1.39. The van der Waals surface area contributed by atoms with Gasteiger partial charge in [-0.15, -0.1) is 11.3 Å². The Bertz CT molecular complexity index is 936. The minimum atomic E-state index is 0.00107. The molecule has 1 aliphatic carbocycles. The maximum Gasteiger partial charge on any atom is 0.226 e. The van der Waals surface area contributed by atoms with Crippen LogP contribution in [0.4, 0.5) is 0 Å². The van der Waals surface area contributed by atoms with E-state index in [1.807, 2.05) is 24.4 Å². The van der Waals surface area contributed by atoms with Crippen LogP contribution in [0.1, 0.15) is 48.2 Å². The zero-order valence-corrected chi connectivity index (χ0v) is 16.3. The molecule has 0 fully saturated rings. The molecule has 138 valence electrons. The predicted molar refractivity (Wildman–Crippen MR) is 109 cm³/mol. The van der Waals surface area contributed by atoms with Crippen LogP contribution in [0.3, 0.4) is 0 Å². The van der Waals surface area contributed by atoms with Gasteiger partial charge in [0.05, 0.1) is 18.2 Å². The van der Waals surface area contributed by atoms with E-state index < -0.39 is 0 Å². The second kappa shape index (κ2) is 8.01. The molecule has 0 saturated heterocycles. The van der Waals surface area contributed by atoms with Crippen molar-refractivity contribution < 1.29 is 4.79 Å². The smallest absolute Gasteiger partial charge is 0.226 e. The zero-order valence-electron chi connectivity index (χ0n) is 15.4. The van der Waals surface area contributed by atoms with Gasteiger partial charge in [-0.05, 0) is 61.4 Å². The molecule has 1 aliphatic rings. The summed E-state index contributed by atoms with van der Waals surface area (Å²) in [5.74, 6) is 0.00302. The van der Waals surface area contributed by atoms with Gasteiger partial charge in [-0.2, -0.15) is 0 Å². The maximum absolute atomic E-state index is 12.5. The van der Waals surface area contributed by atoms with E-state index in [9.17, 15) is 4.79 Å². The fraction of sp³-hybridized carbons (Fsp3) is 0.318. The number of thiazole rings is 1. The number of benzene rings is 1. The van der Waals surface area contributed by atoms with Gasteiger partial charge >= 0.3 is 0 Å². The van der Waals surface area contributed by atoms with E-state index in [2.05, 4.69) is 33.5 Å². The Hall–Kier alpha value is -2.53. The molecule has 0 bridgehead atoms. The molecular formula is C22H23N3OS. The van der Waals surface area contributed by atoms with Crippen LogP contribution in [0.15, 0.2) is 48.1 Å². The second-order valence-corrected chi connectivity index (χ2v) is 7.95. The summed E-state index contributed by atoms with van der Waals surface area (Å²) in [7, 11) is 0. The summed E-state index contributed by atoms with van der Waals surface area (Å²) in [5.41, 5.74) is 5.87. The van der Waals surface area contributed by atoms with Crippen LogP contribution in [-0.4, -0.2) is 15.9 Å². The number of hydrogen-bond acceptors (Lipinski definition) is 4. The summed E-state index contributed by atoms with van der Waals surface area (Å²) in [6.45, 7) is 2.05. The Morgan fingerprint density at radius 1 is 1.22 bits per heavy atom. The molecule has 4 rings (SSSR count). The van der Waals surface area contributed by atoms with Gasteiger partial charge in [0.15, 0.2) is 0 Å². The lowest BCUT2D eigenvalue weighted by molar-refractivity contribution is -0.121. The highest BCUT2D eigenvalue weighted by molar-refractivity contribution is 7.13. The average Bonchev–Trinajstić information content (AvgIpc) is 3.16. The lowest BCUT2D eigenvalue weighted by Crippen LogP contribution is -2.28. The molecule has 2 heterocycles. The zero-order chi connectivity index (χ0) is 18.6. The molecule has 1 atom stereocenters. The molecule has 1 amide bonds. The van der Waals surface area contributed by atoms with Gasteiger partial charge in [0.1, 0.15) is 5.01 Å². The number of aryl methyl sites for hydroxylation is 2. The minimum absolute atomic E-state index is 0.00107. The molecule has 0 spiro atoms. The summed E-state index contributed by atoms with van der Waals surface area (Å²) >= 11 is 1.54. The fourth-order valence-corrected chi connectivity index (χ4v) is 4.38. The summed E-state index contributed by atoms with van der Waals surface area (Å²) in [6.07, 6.45) is 8.72. The quantitative estimate of drug-likeness (QED) is 0.712. The number of carbonyl (C=O) groups is 1. The lowest BCUT2D eigenvalue weighted by Gasteiger charge is -2.20. The topological polar surface area (TPSA) is 54.9 Å². The number of nitrogens with one attached hydrogen (secondary N) is 1. The van der Waals surface area contributed by atoms with Gasteiger partial charge in [-0.3, -0.25) is 9.78 Å². The van der Waals surface area contributed by atoms with Gasteiger partial charge in [0.2, 0.25) is 5.91 Å². The third-order valence-electron chi connectivity index (χ3n) is 5.05. The maximum atomic E-state index is 12.5. The molecule has 1 unspecified atom stereocenters. The van der Waals surface area contributed by atoms with E-state index in [-0.39, 0.29) is 11.9 Å². The van der Waals surface area contributed by atoms with Crippen molar-refractivity contribution >= 4 is 17.2 Å². The number of nitrogens with zero attached hydrogens (tertiary/aromatic N) is 2. The van der Waals surface area contributed by atoms with Crippen molar-refractivity contribution in [3.8, 4) is 10.6 Å². The van der Waals surface area contributed by atoms with Crippen molar-refractivity contribution in [1.29, 1.82) is 0 Å². The second-order valence-electron chi connectivity index (χ2n) is 7.09. The Morgan fingerprint density at radius 2 is 2.07 bits per heavy atom. The van der Waals surface area contributed by atoms with Crippen LogP contribution >= 0.6 is 11.3 Å². The highest BCUT2D eigenvalue weighted by atomic mass is 32.1. The Kier molecular flexibility index (Phi) is 5.30. The first-order valence-corrected chi connectivity index (χ1v) is 10.3. The number of amides is 1. The first kappa shape index (κ1) is 17.9. The summed E-state index contributed by atoms with van der Waals surface area (Å²) in [4.78, 5) is 21.2. The SMILES string of the molecule is CC(NC(=O)Cc1csc(-c2cccnc2)n1)c1ccc2c(c1)CCCC2. The molecule has 0 radical (unpaired) electrons. The lowest BCUT2D eigenvalue weighted by atomic mass is 9.89. The molecule has 0 saturated carbocycles. The van der Waals surface area contributed by atoms with E-state index in [4.69, 9.17) is 0 Å². The largest absolute Gasteiger partial charge is 0.349 e. The van der Waals surface area contributed by atoms with Crippen molar-refractivity contribution in [1.82, 2.24) is 15.3 Å². The molecule has 1 aromatic carbocycles. The average molecular weight is 378 g/mol. The first-order chi connectivity index (χ1) is 13.2. The molecular weight excluding hydrogens is 354 g/mol. The van der Waals surface area contributed by atoms with Gasteiger partial charge < -0.3 is 5.32 Å².